The molecule has 7 amide bonds. The van der Waals surface area contributed by atoms with Crippen molar-refractivity contribution in [1.82, 2.24) is 31.5 Å². The van der Waals surface area contributed by atoms with E-state index in [9.17, 15) is 33.6 Å². The second kappa shape index (κ2) is 25.8. The summed E-state index contributed by atoms with van der Waals surface area (Å²) in [5, 5.41) is 13.7. The highest BCUT2D eigenvalue weighted by Gasteiger charge is 2.35. The first-order valence-electron chi connectivity index (χ1n) is 25.0. The van der Waals surface area contributed by atoms with E-state index in [1.54, 1.807) is 90.1 Å². The van der Waals surface area contributed by atoms with E-state index in [-0.39, 0.29) is 39.1 Å². The van der Waals surface area contributed by atoms with Gasteiger partial charge in [-0.3, -0.25) is 24.0 Å². The molecule has 0 radical (unpaired) electrons. The normalized spacial score (nSPS) is 16.2. The second-order valence-corrected chi connectivity index (χ2v) is 20.4. The number of nitrogens with one attached hydrogen (secondary N) is 5. The van der Waals surface area contributed by atoms with Crippen LogP contribution in [0.1, 0.15) is 115 Å². The molecule has 0 aliphatic carbocycles. The van der Waals surface area contributed by atoms with E-state index >= 15 is 0 Å². The Morgan fingerprint density at radius 1 is 0.743 bits per heavy atom. The number of hydrogen-bond acceptors (Lipinski definition) is 11. The van der Waals surface area contributed by atoms with Crippen LogP contribution in [-0.2, 0) is 41.5 Å². The summed E-state index contributed by atoms with van der Waals surface area (Å²) in [6.45, 7) is 15.7. The lowest BCUT2D eigenvalue weighted by atomic mass is 9.93. The van der Waals surface area contributed by atoms with Crippen molar-refractivity contribution in [1.29, 1.82) is 0 Å². The number of nitrogens with two attached hydrogens (primary N) is 1. The van der Waals surface area contributed by atoms with Gasteiger partial charge in [-0.2, -0.15) is 0 Å². The molecule has 1 heterocycles. The maximum atomic E-state index is 14.7. The van der Waals surface area contributed by atoms with Gasteiger partial charge < -0.3 is 56.2 Å². The molecule has 0 aromatic heterocycles. The number of primary amides is 1. The summed E-state index contributed by atoms with van der Waals surface area (Å²) >= 11 is 0. The highest BCUT2D eigenvalue weighted by molar-refractivity contribution is 5.99. The van der Waals surface area contributed by atoms with Gasteiger partial charge in [0.1, 0.15) is 54.0 Å². The lowest BCUT2D eigenvalue weighted by Crippen LogP contribution is -2.53. The van der Waals surface area contributed by atoms with Gasteiger partial charge in [0.15, 0.2) is 0 Å². The highest BCUT2D eigenvalue weighted by atomic mass is 16.6. The van der Waals surface area contributed by atoms with Crippen molar-refractivity contribution in [2.24, 2.45) is 5.73 Å². The average Bonchev–Trinajstić information content (AvgIpc) is 3.32. The molecule has 4 aromatic rings. The molecule has 74 heavy (non-hydrogen) atoms. The van der Waals surface area contributed by atoms with E-state index in [4.69, 9.17) is 24.7 Å². The topological polar surface area (TPSA) is 246 Å². The first kappa shape index (κ1) is 57.3. The van der Waals surface area contributed by atoms with Gasteiger partial charge in [-0.05, 0) is 139 Å². The minimum absolute atomic E-state index is 0.0114. The number of fused-ring (bicyclic) bond motifs is 5. The molecule has 0 spiro atoms. The predicted molar refractivity (Wildman–Crippen MR) is 281 cm³/mol. The maximum Gasteiger partial charge on any atom is 0.407 e. The van der Waals surface area contributed by atoms with Crippen molar-refractivity contribution in [3.63, 3.8) is 0 Å². The van der Waals surface area contributed by atoms with Crippen LogP contribution < -0.4 is 41.8 Å². The Balaban J connectivity index is 1.52. The largest absolute Gasteiger partial charge is 0.491 e. The van der Waals surface area contributed by atoms with Gasteiger partial charge in [0.25, 0.3) is 5.91 Å². The fourth-order valence-corrected chi connectivity index (χ4v) is 8.12. The molecule has 7 N–H and O–H groups in total. The molecule has 18 nitrogen and oxygen atoms in total. The SMILES string of the molecule is CCCCc1ccc(-c2ccc(C(=O)N[C@@H](C)C(=O)N(C)[C@@H]3C(=O)N[C@@H](C)C(=O)N[C@H](CC(N)=O)Cc4ccc(OCCNC(=O)OC(C)(C)C)c(c4)-c4cc3ccc4OCCNC(=O)OC(C)(C)C)cc2)cc1. The Labute approximate surface area is 434 Å². The number of alkyl carbamates (subject to hydrolysis) is 2. The number of carbonyl (C=O) groups excluding carboxylic acids is 7. The van der Waals surface area contributed by atoms with E-state index < -0.39 is 77.1 Å². The number of likely N-dealkylation sites (N-methyl/N-ethyl adjacent to an activating group) is 1. The summed E-state index contributed by atoms with van der Waals surface area (Å²) in [6, 6.07) is 21.0. The van der Waals surface area contributed by atoms with Gasteiger partial charge in [0, 0.05) is 36.2 Å². The Morgan fingerprint density at radius 3 is 1.82 bits per heavy atom. The number of amides is 7. The molecule has 1 aliphatic heterocycles. The van der Waals surface area contributed by atoms with Crippen molar-refractivity contribution < 1.29 is 52.5 Å². The van der Waals surface area contributed by atoms with E-state index in [1.807, 2.05) is 12.1 Å². The summed E-state index contributed by atoms with van der Waals surface area (Å²) in [5.41, 5.74) is 9.49. The smallest absolute Gasteiger partial charge is 0.407 e. The number of hydrogen-bond donors (Lipinski definition) is 6. The molecule has 0 fully saturated rings. The Hall–Kier alpha value is -7.63. The van der Waals surface area contributed by atoms with Crippen LogP contribution >= 0.6 is 0 Å². The molecule has 398 valence electrons. The minimum atomic E-state index is -1.40. The number of benzene rings is 4. The van der Waals surface area contributed by atoms with Crippen LogP contribution in [0.3, 0.4) is 0 Å². The zero-order chi connectivity index (χ0) is 54.3. The van der Waals surface area contributed by atoms with Crippen LogP contribution in [0.2, 0.25) is 0 Å². The maximum absolute atomic E-state index is 14.7. The summed E-state index contributed by atoms with van der Waals surface area (Å²) in [5.74, 6) is -2.54. The molecule has 5 rings (SSSR count). The van der Waals surface area contributed by atoms with Crippen LogP contribution in [0, 0.1) is 0 Å². The van der Waals surface area contributed by atoms with E-state index in [0.29, 0.717) is 39.3 Å². The first-order valence-corrected chi connectivity index (χ1v) is 25.0. The molecular weight excluding hydrogens is 947 g/mol. The fourth-order valence-electron chi connectivity index (χ4n) is 8.12. The third-order valence-electron chi connectivity index (χ3n) is 11.7. The second-order valence-electron chi connectivity index (χ2n) is 20.4. The van der Waals surface area contributed by atoms with Gasteiger partial charge in [-0.15, -0.1) is 0 Å². The summed E-state index contributed by atoms with van der Waals surface area (Å²) in [4.78, 5) is 95.1. The zero-order valence-electron chi connectivity index (χ0n) is 44.3. The number of carbonyl (C=O) groups is 7. The van der Waals surface area contributed by atoms with Crippen LogP contribution in [0.4, 0.5) is 9.59 Å². The Bertz CT molecular complexity index is 2620. The minimum Gasteiger partial charge on any atom is -0.491 e. The van der Waals surface area contributed by atoms with Crippen molar-refractivity contribution in [3.8, 4) is 33.8 Å². The van der Waals surface area contributed by atoms with Crippen molar-refractivity contribution >= 4 is 41.7 Å². The molecule has 1 aliphatic rings. The van der Waals surface area contributed by atoms with Crippen LogP contribution in [0.15, 0.2) is 84.9 Å². The highest BCUT2D eigenvalue weighted by Crippen LogP contribution is 2.40. The van der Waals surface area contributed by atoms with Gasteiger partial charge in [0.05, 0.1) is 13.1 Å². The van der Waals surface area contributed by atoms with Crippen LogP contribution in [0.5, 0.6) is 11.5 Å². The van der Waals surface area contributed by atoms with Crippen molar-refractivity contribution in [3.05, 3.63) is 107 Å². The standard InChI is InChI=1S/C56H73N7O11/c1-11-12-13-36-14-17-38(18-15-36)39-19-21-40(22-20-39)50(66)61-35(3)52(68)63(10)48-41-23-25-46(72-29-27-59-54(70)74-56(7,8)9)44(32-41)43-31-37(16-24-45(43)71-28-26-58-53(69)73-55(4,5)6)30-42(33-47(57)64)62-49(65)34(2)60-51(48)67/h14-25,31-32,34-35,42,48H,11-13,26-30,33H2,1-10H3,(H2,57,64)(H,58,69)(H,59,70)(H,60,67)(H,61,66)(H,62,65)/t34-,35-,42-,48-/m0/s1. The van der Waals surface area contributed by atoms with Gasteiger partial charge in [0.2, 0.25) is 23.6 Å². The predicted octanol–water partition coefficient (Wildman–Crippen LogP) is 6.91. The van der Waals surface area contributed by atoms with Crippen molar-refractivity contribution in [2.45, 2.75) is 130 Å². The van der Waals surface area contributed by atoms with E-state index in [2.05, 4.69) is 57.8 Å². The molecule has 4 aromatic carbocycles. The molecular formula is C56H73N7O11. The van der Waals surface area contributed by atoms with Crippen LogP contribution in [-0.4, -0.2) is 109 Å². The van der Waals surface area contributed by atoms with E-state index in [1.165, 1.54) is 31.4 Å². The number of ether oxygens (including phenoxy) is 4. The molecule has 4 atom stereocenters. The lowest BCUT2D eigenvalue weighted by molar-refractivity contribution is -0.141. The molecule has 0 saturated carbocycles. The third kappa shape index (κ3) is 17.3. The van der Waals surface area contributed by atoms with Crippen LogP contribution in [0.25, 0.3) is 22.3 Å². The molecule has 4 bridgehead atoms. The summed E-state index contributed by atoms with van der Waals surface area (Å²) < 4.78 is 23.4. The molecule has 0 unspecified atom stereocenters. The average molecular weight is 1020 g/mol. The number of unbranched alkanes of at least 4 members (excludes halogenated alkanes) is 1. The first-order chi connectivity index (χ1) is 34.9. The van der Waals surface area contributed by atoms with Gasteiger partial charge in [-0.1, -0.05) is 61.9 Å². The van der Waals surface area contributed by atoms with Crippen molar-refractivity contribution in [2.75, 3.05) is 33.4 Å². The lowest BCUT2D eigenvalue weighted by Gasteiger charge is -2.32. The van der Waals surface area contributed by atoms with Gasteiger partial charge in [-0.25, -0.2) is 9.59 Å². The number of aryl methyl sites for hydroxylation is 1. The summed E-state index contributed by atoms with van der Waals surface area (Å²) in [7, 11) is 1.42. The van der Waals surface area contributed by atoms with Gasteiger partial charge >= 0.3 is 12.2 Å². The third-order valence-corrected chi connectivity index (χ3v) is 11.7. The Kier molecular flexibility index (Phi) is 20.0. The van der Waals surface area contributed by atoms with E-state index in [0.717, 1.165) is 30.4 Å². The summed E-state index contributed by atoms with van der Waals surface area (Å²) in [6.07, 6.45) is 1.86. The fraction of sp³-hybridized carbons (Fsp3) is 0.446. The molecule has 18 heteroatoms. The quantitative estimate of drug-likeness (QED) is 0.0559. The number of nitrogens with zero attached hydrogens (tertiary/aromatic N) is 1. The Morgan fingerprint density at radius 2 is 1.28 bits per heavy atom. The zero-order valence-corrected chi connectivity index (χ0v) is 44.3. The number of rotatable bonds is 18. The molecule has 0 saturated heterocycles. The monoisotopic (exact) mass is 1020 g/mol.